The SMILES string of the molecule is C=C(/C=N\Nc1cc(C=O)ccc1C)NC=NCc1cc(F)c(F)c(F)c1. The summed E-state index contributed by atoms with van der Waals surface area (Å²) < 4.78 is 39.0. The molecule has 0 amide bonds. The van der Waals surface area contributed by atoms with E-state index in [1.54, 1.807) is 18.2 Å². The molecule has 0 aliphatic heterocycles. The number of carbonyl (C=O) groups is 1. The van der Waals surface area contributed by atoms with Crippen molar-refractivity contribution in [3.05, 3.63) is 76.7 Å². The van der Waals surface area contributed by atoms with Crippen molar-refractivity contribution in [2.75, 3.05) is 5.43 Å². The van der Waals surface area contributed by atoms with Gasteiger partial charge in [-0.2, -0.15) is 5.10 Å². The van der Waals surface area contributed by atoms with Crippen molar-refractivity contribution in [3.63, 3.8) is 0 Å². The second kappa shape index (κ2) is 9.33. The Labute approximate surface area is 154 Å². The number of aryl methyl sites for hydroxylation is 1. The lowest BCUT2D eigenvalue weighted by atomic mass is 10.1. The van der Waals surface area contributed by atoms with Crippen LogP contribution < -0.4 is 10.7 Å². The van der Waals surface area contributed by atoms with E-state index in [1.165, 1.54) is 12.6 Å². The lowest BCUT2D eigenvalue weighted by Crippen LogP contribution is -2.11. The fraction of sp³-hybridized carbons (Fsp3) is 0.105. The van der Waals surface area contributed by atoms with Gasteiger partial charge >= 0.3 is 0 Å². The number of carbonyl (C=O) groups excluding carboxylic acids is 1. The van der Waals surface area contributed by atoms with E-state index < -0.39 is 17.5 Å². The Morgan fingerprint density at radius 1 is 1.19 bits per heavy atom. The average Bonchev–Trinajstić information content (AvgIpc) is 2.64. The standard InChI is InChI=1S/C19H17F3N4O/c1-12-3-4-14(10-27)7-18(12)26-25-8-13(2)24-11-23-9-15-5-16(20)19(22)17(21)6-15/h3-8,10-11,26H,2,9H2,1H3,(H,23,24)/b25-8-. The van der Waals surface area contributed by atoms with Crippen LogP contribution in [0.1, 0.15) is 21.5 Å². The Morgan fingerprint density at radius 3 is 2.56 bits per heavy atom. The zero-order valence-electron chi connectivity index (χ0n) is 14.5. The molecule has 0 saturated heterocycles. The van der Waals surface area contributed by atoms with Crippen molar-refractivity contribution in [2.24, 2.45) is 10.1 Å². The summed E-state index contributed by atoms with van der Waals surface area (Å²) in [5.41, 5.74) is 5.50. The molecule has 2 N–H and O–H groups in total. The van der Waals surface area contributed by atoms with Gasteiger partial charge in [0.05, 0.1) is 30.5 Å². The molecule has 2 aromatic rings. The number of aldehydes is 1. The molecule has 0 spiro atoms. The number of hydrogen-bond donors (Lipinski definition) is 2. The largest absolute Gasteiger partial charge is 0.346 e. The summed E-state index contributed by atoms with van der Waals surface area (Å²) in [6.45, 7) is 5.54. The third-order valence-corrected chi connectivity index (χ3v) is 3.46. The van der Waals surface area contributed by atoms with Gasteiger partial charge in [-0.15, -0.1) is 0 Å². The lowest BCUT2D eigenvalue weighted by Gasteiger charge is -2.05. The number of hydrazone groups is 1. The molecule has 5 nitrogen and oxygen atoms in total. The first-order chi connectivity index (χ1) is 12.9. The molecule has 0 heterocycles. The number of aliphatic imine (C=N–C) groups is 1. The fourth-order valence-corrected chi connectivity index (χ4v) is 2.03. The maximum Gasteiger partial charge on any atom is 0.194 e. The van der Waals surface area contributed by atoms with Crippen LogP contribution in [0.2, 0.25) is 0 Å². The zero-order chi connectivity index (χ0) is 19.8. The van der Waals surface area contributed by atoms with Crippen molar-refractivity contribution < 1.29 is 18.0 Å². The summed E-state index contributed by atoms with van der Waals surface area (Å²) in [7, 11) is 0. The molecule has 2 aromatic carbocycles. The van der Waals surface area contributed by atoms with Gasteiger partial charge in [0.25, 0.3) is 0 Å². The van der Waals surface area contributed by atoms with Crippen LogP contribution in [-0.2, 0) is 6.54 Å². The molecule has 0 fully saturated rings. The number of anilines is 1. The van der Waals surface area contributed by atoms with Gasteiger partial charge in [0.15, 0.2) is 17.5 Å². The van der Waals surface area contributed by atoms with Gasteiger partial charge in [0, 0.05) is 5.56 Å². The Kier molecular flexibility index (Phi) is 6.87. The molecule has 0 aromatic heterocycles. The first-order valence-corrected chi connectivity index (χ1v) is 7.82. The average molecular weight is 374 g/mol. The van der Waals surface area contributed by atoms with Crippen LogP contribution in [0.4, 0.5) is 18.9 Å². The number of nitrogens with one attached hydrogen (secondary N) is 2. The topological polar surface area (TPSA) is 65.8 Å². The highest BCUT2D eigenvalue weighted by atomic mass is 19.2. The predicted molar refractivity (Wildman–Crippen MR) is 99.5 cm³/mol. The molecule has 0 radical (unpaired) electrons. The summed E-state index contributed by atoms with van der Waals surface area (Å²) in [6.07, 6.45) is 3.42. The lowest BCUT2D eigenvalue weighted by molar-refractivity contribution is 0.112. The van der Waals surface area contributed by atoms with E-state index >= 15 is 0 Å². The van der Waals surface area contributed by atoms with E-state index in [2.05, 4.69) is 27.4 Å². The van der Waals surface area contributed by atoms with Crippen LogP contribution in [-0.4, -0.2) is 18.8 Å². The number of hydrogen-bond acceptors (Lipinski definition) is 4. The maximum atomic E-state index is 13.1. The predicted octanol–water partition coefficient (Wildman–Crippen LogP) is 3.95. The van der Waals surface area contributed by atoms with Crippen molar-refractivity contribution in [2.45, 2.75) is 13.5 Å². The molecule has 0 unspecified atom stereocenters. The highest BCUT2D eigenvalue weighted by Gasteiger charge is 2.09. The molecule has 140 valence electrons. The van der Waals surface area contributed by atoms with Gasteiger partial charge < -0.3 is 5.32 Å². The third-order valence-electron chi connectivity index (χ3n) is 3.46. The summed E-state index contributed by atoms with van der Waals surface area (Å²) in [5.74, 6) is -4.03. The fourth-order valence-electron chi connectivity index (χ4n) is 2.03. The van der Waals surface area contributed by atoms with Crippen molar-refractivity contribution >= 4 is 24.5 Å². The van der Waals surface area contributed by atoms with E-state index in [4.69, 9.17) is 0 Å². The second-order valence-corrected chi connectivity index (χ2v) is 5.58. The van der Waals surface area contributed by atoms with Gasteiger partial charge in [-0.05, 0) is 36.2 Å². The minimum atomic E-state index is -1.51. The normalized spacial score (nSPS) is 11.1. The summed E-state index contributed by atoms with van der Waals surface area (Å²) in [5, 5.41) is 6.72. The molecule has 0 saturated carbocycles. The van der Waals surface area contributed by atoms with Gasteiger partial charge in [-0.25, -0.2) is 13.2 Å². The minimum Gasteiger partial charge on any atom is -0.346 e. The molecular formula is C19H17F3N4O. The Morgan fingerprint density at radius 2 is 1.89 bits per heavy atom. The van der Waals surface area contributed by atoms with E-state index in [-0.39, 0.29) is 12.1 Å². The van der Waals surface area contributed by atoms with Gasteiger partial charge in [0.1, 0.15) is 6.29 Å². The van der Waals surface area contributed by atoms with Crippen LogP contribution >= 0.6 is 0 Å². The molecule has 0 aliphatic carbocycles. The Hall–Kier alpha value is -3.42. The molecule has 27 heavy (non-hydrogen) atoms. The third kappa shape index (κ3) is 5.81. The smallest absolute Gasteiger partial charge is 0.194 e. The molecule has 0 aliphatic rings. The van der Waals surface area contributed by atoms with E-state index in [0.717, 1.165) is 24.0 Å². The first-order valence-electron chi connectivity index (χ1n) is 7.82. The van der Waals surface area contributed by atoms with Crippen molar-refractivity contribution in [3.8, 4) is 0 Å². The van der Waals surface area contributed by atoms with E-state index in [1.807, 2.05) is 6.92 Å². The molecule has 8 heteroatoms. The van der Waals surface area contributed by atoms with Crippen LogP contribution in [0.15, 0.2) is 52.7 Å². The maximum absolute atomic E-state index is 13.1. The number of halogens is 3. The van der Waals surface area contributed by atoms with Gasteiger partial charge in [-0.3, -0.25) is 15.2 Å². The summed E-state index contributed by atoms with van der Waals surface area (Å²) in [4.78, 5) is 14.7. The minimum absolute atomic E-state index is 0.0402. The van der Waals surface area contributed by atoms with Crippen molar-refractivity contribution in [1.29, 1.82) is 0 Å². The van der Waals surface area contributed by atoms with E-state index in [0.29, 0.717) is 16.9 Å². The molecular weight excluding hydrogens is 357 g/mol. The monoisotopic (exact) mass is 374 g/mol. The first kappa shape index (κ1) is 19.9. The van der Waals surface area contributed by atoms with Crippen LogP contribution in [0, 0.1) is 24.4 Å². The number of benzene rings is 2. The Bertz CT molecular complexity index is 887. The second-order valence-electron chi connectivity index (χ2n) is 5.58. The van der Waals surface area contributed by atoms with Gasteiger partial charge in [0.2, 0.25) is 0 Å². The zero-order valence-corrected chi connectivity index (χ0v) is 14.5. The van der Waals surface area contributed by atoms with Crippen LogP contribution in [0.3, 0.4) is 0 Å². The number of allylic oxidation sites excluding steroid dienone is 1. The van der Waals surface area contributed by atoms with E-state index in [9.17, 15) is 18.0 Å². The van der Waals surface area contributed by atoms with Crippen molar-refractivity contribution in [1.82, 2.24) is 5.32 Å². The van der Waals surface area contributed by atoms with Gasteiger partial charge in [-0.1, -0.05) is 18.7 Å². The quantitative estimate of drug-likeness (QED) is 0.242. The summed E-state index contributed by atoms with van der Waals surface area (Å²) >= 11 is 0. The van der Waals surface area contributed by atoms with Crippen LogP contribution in [0.5, 0.6) is 0 Å². The number of nitrogens with zero attached hydrogens (tertiary/aromatic N) is 2. The highest BCUT2D eigenvalue weighted by Crippen LogP contribution is 2.16. The summed E-state index contributed by atoms with van der Waals surface area (Å²) in [6, 6.07) is 6.92. The molecule has 2 rings (SSSR count). The highest BCUT2D eigenvalue weighted by molar-refractivity contribution is 5.82. The molecule has 0 bridgehead atoms. The van der Waals surface area contributed by atoms with Crippen LogP contribution in [0.25, 0.3) is 0 Å². The number of rotatable bonds is 8. The molecule has 0 atom stereocenters. The Balaban J connectivity index is 1.84.